The fraction of sp³-hybridized carbons (Fsp3) is 0.0556. The Hall–Kier alpha value is -2.12. The maximum atomic E-state index is 5.90. The molecule has 3 aromatic rings. The van der Waals surface area contributed by atoms with Crippen molar-refractivity contribution < 1.29 is 4.57 Å². The van der Waals surface area contributed by atoms with Crippen LogP contribution in [0.3, 0.4) is 0 Å². The summed E-state index contributed by atoms with van der Waals surface area (Å²) in [4.78, 5) is 0. The minimum atomic E-state index is 0.763. The molecule has 0 aliphatic heterocycles. The van der Waals surface area contributed by atoms with Crippen molar-refractivity contribution in [3.8, 4) is 0 Å². The molecule has 98 valence electrons. The number of nitrogens with zero attached hydrogens (tertiary/aromatic N) is 1. The molecule has 0 aliphatic rings. The summed E-state index contributed by atoms with van der Waals surface area (Å²) in [5.74, 6) is 0. The molecule has 1 heterocycles. The van der Waals surface area contributed by atoms with E-state index < -0.39 is 0 Å². The van der Waals surface area contributed by atoms with Gasteiger partial charge < -0.3 is 0 Å². The van der Waals surface area contributed by atoms with Crippen molar-refractivity contribution in [2.24, 2.45) is 7.05 Å². The van der Waals surface area contributed by atoms with E-state index in [4.69, 9.17) is 11.6 Å². The lowest BCUT2D eigenvalue weighted by Crippen LogP contribution is -2.28. The van der Waals surface area contributed by atoms with E-state index in [1.165, 1.54) is 16.5 Å². The number of rotatable bonds is 2. The molecule has 0 saturated heterocycles. The molecule has 3 rings (SSSR count). The second-order valence-corrected chi connectivity index (χ2v) is 5.22. The van der Waals surface area contributed by atoms with Crippen LogP contribution >= 0.6 is 11.6 Å². The number of halogens is 1. The summed E-state index contributed by atoms with van der Waals surface area (Å²) in [6, 6.07) is 18.4. The SMILES string of the molecule is C[n+]1ccc(C=Cc2ccc(Cl)cc2)c2ccccc21. The number of hydrogen-bond acceptors (Lipinski definition) is 0. The van der Waals surface area contributed by atoms with Crippen molar-refractivity contribution in [2.45, 2.75) is 0 Å². The van der Waals surface area contributed by atoms with E-state index >= 15 is 0 Å². The van der Waals surface area contributed by atoms with Crippen LogP contribution in [0.25, 0.3) is 23.1 Å². The standard InChI is InChI=1S/C18H15ClN/c1-20-13-12-15(17-4-2-3-5-18(17)20)9-6-14-7-10-16(19)11-8-14/h2-13H,1H3/q+1. The Morgan fingerprint density at radius 3 is 2.45 bits per heavy atom. The summed E-state index contributed by atoms with van der Waals surface area (Å²) < 4.78 is 2.13. The molecule has 0 radical (unpaired) electrons. The van der Waals surface area contributed by atoms with Gasteiger partial charge in [0.1, 0.15) is 7.05 Å². The van der Waals surface area contributed by atoms with Crippen LogP contribution in [-0.2, 0) is 7.05 Å². The van der Waals surface area contributed by atoms with Crippen molar-refractivity contribution >= 4 is 34.7 Å². The van der Waals surface area contributed by atoms with Gasteiger partial charge in [-0.3, -0.25) is 0 Å². The number of hydrogen-bond donors (Lipinski definition) is 0. The third-order valence-electron chi connectivity index (χ3n) is 3.40. The lowest BCUT2D eigenvalue weighted by molar-refractivity contribution is -0.644. The molecule has 0 fully saturated rings. The first-order valence-corrected chi connectivity index (χ1v) is 6.93. The first-order valence-electron chi connectivity index (χ1n) is 6.55. The molecule has 0 aliphatic carbocycles. The largest absolute Gasteiger partial charge is 0.212 e. The zero-order valence-corrected chi connectivity index (χ0v) is 12.0. The average Bonchev–Trinajstić information content (AvgIpc) is 2.49. The molecule has 2 heteroatoms. The minimum absolute atomic E-state index is 0.763. The molecule has 0 saturated carbocycles. The van der Waals surface area contributed by atoms with E-state index in [0.29, 0.717) is 0 Å². The topological polar surface area (TPSA) is 3.88 Å². The van der Waals surface area contributed by atoms with Gasteiger partial charge in [0, 0.05) is 17.2 Å². The molecule has 1 aromatic heterocycles. The van der Waals surface area contributed by atoms with Crippen molar-refractivity contribution in [1.82, 2.24) is 0 Å². The highest BCUT2D eigenvalue weighted by Gasteiger charge is 2.06. The van der Waals surface area contributed by atoms with Gasteiger partial charge in [0.05, 0.1) is 5.39 Å². The Kier molecular flexibility index (Phi) is 3.53. The Morgan fingerprint density at radius 2 is 1.65 bits per heavy atom. The summed E-state index contributed by atoms with van der Waals surface area (Å²) in [6.45, 7) is 0. The summed E-state index contributed by atoms with van der Waals surface area (Å²) in [5, 5.41) is 2.02. The lowest BCUT2D eigenvalue weighted by Gasteiger charge is -2.00. The summed E-state index contributed by atoms with van der Waals surface area (Å²) in [7, 11) is 2.06. The molecule has 0 N–H and O–H groups in total. The lowest BCUT2D eigenvalue weighted by atomic mass is 10.1. The normalized spacial score (nSPS) is 11.3. The third kappa shape index (κ3) is 2.59. The zero-order chi connectivity index (χ0) is 13.9. The molecular formula is C18H15ClN+. The van der Waals surface area contributed by atoms with E-state index in [0.717, 1.165) is 10.6 Å². The zero-order valence-electron chi connectivity index (χ0n) is 11.3. The van der Waals surface area contributed by atoms with Crippen LogP contribution in [0, 0.1) is 0 Å². The van der Waals surface area contributed by atoms with Gasteiger partial charge in [0.25, 0.3) is 0 Å². The van der Waals surface area contributed by atoms with Gasteiger partial charge in [-0.15, -0.1) is 0 Å². The maximum absolute atomic E-state index is 5.90. The van der Waals surface area contributed by atoms with Crippen LogP contribution in [0.4, 0.5) is 0 Å². The molecule has 20 heavy (non-hydrogen) atoms. The van der Waals surface area contributed by atoms with Gasteiger partial charge >= 0.3 is 0 Å². The predicted molar refractivity (Wildman–Crippen MR) is 85.5 cm³/mol. The summed E-state index contributed by atoms with van der Waals surface area (Å²) >= 11 is 5.90. The van der Waals surface area contributed by atoms with Crippen LogP contribution < -0.4 is 4.57 Å². The fourth-order valence-electron chi connectivity index (χ4n) is 2.29. The van der Waals surface area contributed by atoms with Gasteiger partial charge in [-0.1, -0.05) is 48.0 Å². The predicted octanol–water partition coefficient (Wildman–Crippen LogP) is 4.49. The van der Waals surface area contributed by atoms with Crippen LogP contribution in [0.2, 0.25) is 5.02 Å². The number of aryl methyl sites for hydroxylation is 1. The molecule has 1 nitrogen and oxygen atoms in total. The highest BCUT2D eigenvalue weighted by atomic mass is 35.5. The van der Waals surface area contributed by atoms with Gasteiger partial charge in [-0.05, 0) is 29.3 Å². The van der Waals surface area contributed by atoms with Crippen molar-refractivity contribution in [3.63, 3.8) is 0 Å². The van der Waals surface area contributed by atoms with Crippen LogP contribution in [0.1, 0.15) is 11.1 Å². The summed E-state index contributed by atoms with van der Waals surface area (Å²) in [5.41, 5.74) is 3.59. The van der Waals surface area contributed by atoms with E-state index in [-0.39, 0.29) is 0 Å². The maximum Gasteiger partial charge on any atom is 0.212 e. The second-order valence-electron chi connectivity index (χ2n) is 4.78. The quantitative estimate of drug-likeness (QED) is 0.609. The Bertz CT molecular complexity index is 773. The van der Waals surface area contributed by atoms with Gasteiger partial charge in [-0.25, -0.2) is 4.57 Å². The van der Waals surface area contributed by atoms with Crippen LogP contribution in [-0.4, -0.2) is 0 Å². The molecular weight excluding hydrogens is 266 g/mol. The Morgan fingerprint density at radius 1 is 0.900 bits per heavy atom. The molecule has 2 aromatic carbocycles. The van der Waals surface area contributed by atoms with Crippen molar-refractivity contribution in [3.05, 3.63) is 76.9 Å². The first kappa shape index (κ1) is 12.9. The number of pyridine rings is 1. The van der Waals surface area contributed by atoms with Crippen LogP contribution in [0.5, 0.6) is 0 Å². The molecule has 0 amide bonds. The van der Waals surface area contributed by atoms with E-state index in [9.17, 15) is 0 Å². The highest BCUT2D eigenvalue weighted by Crippen LogP contribution is 2.18. The van der Waals surface area contributed by atoms with Crippen molar-refractivity contribution in [1.29, 1.82) is 0 Å². The Labute approximate surface area is 123 Å². The van der Waals surface area contributed by atoms with Gasteiger partial charge in [0.2, 0.25) is 5.52 Å². The number of fused-ring (bicyclic) bond motifs is 1. The molecule has 0 spiro atoms. The van der Waals surface area contributed by atoms with E-state index in [1.807, 2.05) is 24.3 Å². The van der Waals surface area contributed by atoms with Gasteiger partial charge in [-0.2, -0.15) is 0 Å². The third-order valence-corrected chi connectivity index (χ3v) is 3.65. The smallest absolute Gasteiger partial charge is 0.201 e. The molecule has 0 atom stereocenters. The summed E-state index contributed by atoms with van der Waals surface area (Å²) in [6.07, 6.45) is 6.34. The van der Waals surface area contributed by atoms with Crippen LogP contribution in [0.15, 0.2) is 60.8 Å². The molecule has 0 bridgehead atoms. The minimum Gasteiger partial charge on any atom is -0.201 e. The average molecular weight is 281 g/mol. The molecule has 0 unspecified atom stereocenters. The number of benzene rings is 2. The number of para-hydroxylation sites is 1. The monoisotopic (exact) mass is 280 g/mol. The Balaban J connectivity index is 2.03. The fourth-order valence-corrected chi connectivity index (χ4v) is 2.42. The van der Waals surface area contributed by atoms with E-state index in [1.54, 1.807) is 0 Å². The van der Waals surface area contributed by atoms with E-state index in [2.05, 4.69) is 60.3 Å². The van der Waals surface area contributed by atoms with Gasteiger partial charge in [0.15, 0.2) is 6.20 Å². The van der Waals surface area contributed by atoms with Crippen molar-refractivity contribution in [2.75, 3.05) is 0 Å². The first-order chi connectivity index (χ1) is 9.74. The second kappa shape index (κ2) is 5.48. The highest BCUT2D eigenvalue weighted by molar-refractivity contribution is 6.30. The number of aromatic nitrogens is 1.